The lowest BCUT2D eigenvalue weighted by Gasteiger charge is -2.03. The molecule has 0 saturated heterocycles. The Morgan fingerprint density at radius 2 is 2.29 bits per heavy atom. The quantitative estimate of drug-likeness (QED) is 0.613. The van der Waals surface area contributed by atoms with Crippen molar-refractivity contribution in [2.45, 2.75) is 11.3 Å². The number of hydrogen-bond donors (Lipinski definition) is 2. The van der Waals surface area contributed by atoms with Gasteiger partial charge in [0, 0.05) is 6.54 Å². The first-order chi connectivity index (χ1) is 7.88. The van der Waals surface area contributed by atoms with Crippen molar-refractivity contribution in [2.75, 3.05) is 6.54 Å². The molecule has 1 heterocycles. The van der Waals surface area contributed by atoms with Gasteiger partial charge in [-0.05, 0) is 28.4 Å². The molecular weight excluding hydrogens is 330 g/mol. The Balaban J connectivity index is 2.98. The Morgan fingerprint density at radius 3 is 2.76 bits per heavy atom. The van der Waals surface area contributed by atoms with Gasteiger partial charge in [0.05, 0.1) is 3.79 Å². The maximum absolute atomic E-state index is 11.8. The molecule has 0 unspecified atom stereocenters. The van der Waals surface area contributed by atoms with Crippen LogP contribution in [0.5, 0.6) is 0 Å². The van der Waals surface area contributed by atoms with Crippen LogP contribution in [-0.4, -0.2) is 26.0 Å². The third-order valence-corrected chi connectivity index (χ3v) is 5.50. The van der Waals surface area contributed by atoms with Crippen molar-refractivity contribution in [1.82, 2.24) is 4.72 Å². The summed E-state index contributed by atoms with van der Waals surface area (Å²) in [5.41, 5.74) is 0. The summed E-state index contributed by atoms with van der Waals surface area (Å²) in [6.07, 6.45) is 2.10. The summed E-state index contributed by atoms with van der Waals surface area (Å²) in [4.78, 5) is 10.6. The number of thiophene rings is 1. The first kappa shape index (κ1) is 14.4. The molecule has 8 heteroatoms. The molecule has 0 bridgehead atoms. The summed E-state index contributed by atoms with van der Waals surface area (Å²) in [7, 11) is -3.67. The standard InChI is InChI=1S/C9H10BrNO4S2/c1-2-3-4-11-17(14,15)7-5-6(9(12)13)16-8(7)10/h2,5,11H,1,3-4H2,(H,12,13). The van der Waals surface area contributed by atoms with Gasteiger partial charge in [-0.2, -0.15) is 0 Å². The van der Waals surface area contributed by atoms with Crippen molar-refractivity contribution in [1.29, 1.82) is 0 Å². The van der Waals surface area contributed by atoms with Crippen molar-refractivity contribution in [3.63, 3.8) is 0 Å². The molecule has 5 nitrogen and oxygen atoms in total. The molecule has 0 aliphatic rings. The largest absolute Gasteiger partial charge is 0.477 e. The molecule has 17 heavy (non-hydrogen) atoms. The minimum absolute atomic E-state index is 0.0269. The van der Waals surface area contributed by atoms with Crippen LogP contribution in [0.4, 0.5) is 0 Å². The molecule has 94 valence electrons. The highest BCUT2D eigenvalue weighted by Crippen LogP contribution is 2.31. The summed E-state index contributed by atoms with van der Waals surface area (Å²) in [5, 5.41) is 8.76. The van der Waals surface area contributed by atoms with Crippen molar-refractivity contribution in [3.05, 3.63) is 27.4 Å². The van der Waals surface area contributed by atoms with E-state index in [4.69, 9.17) is 5.11 Å². The summed E-state index contributed by atoms with van der Waals surface area (Å²) in [6.45, 7) is 3.71. The Kier molecular flexibility index (Phi) is 4.87. The molecule has 0 aliphatic heterocycles. The number of rotatable bonds is 6. The van der Waals surface area contributed by atoms with E-state index in [0.29, 0.717) is 6.42 Å². The molecule has 0 radical (unpaired) electrons. The Labute approximate surface area is 111 Å². The highest BCUT2D eigenvalue weighted by atomic mass is 79.9. The van der Waals surface area contributed by atoms with Gasteiger partial charge in [0.25, 0.3) is 0 Å². The van der Waals surface area contributed by atoms with Crippen molar-refractivity contribution < 1.29 is 18.3 Å². The third kappa shape index (κ3) is 3.63. The lowest BCUT2D eigenvalue weighted by atomic mass is 10.4. The Bertz CT molecular complexity index is 535. The number of carboxylic acid groups (broad SMARTS) is 1. The van der Waals surface area contributed by atoms with E-state index in [1.54, 1.807) is 6.08 Å². The molecular formula is C9H10BrNO4S2. The van der Waals surface area contributed by atoms with Crippen LogP contribution in [0, 0.1) is 0 Å². The van der Waals surface area contributed by atoms with E-state index in [9.17, 15) is 13.2 Å². The molecule has 0 spiro atoms. The average Bonchev–Trinajstić information content (AvgIpc) is 2.61. The second kappa shape index (κ2) is 5.76. The molecule has 1 aromatic heterocycles. The van der Waals surface area contributed by atoms with Gasteiger partial charge in [-0.15, -0.1) is 17.9 Å². The summed E-state index contributed by atoms with van der Waals surface area (Å²) in [5.74, 6) is -1.15. The van der Waals surface area contributed by atoms with E-state index in [-0.39, 0.29) is 20.1 Å². The van der Waals surface area contributed by atoms with Gasteiger partial charge in [-0.1, -0.05) is 6.08 Å². The molecule has 0 atom stereocenters. The van der Waals surface area contributed by atoms with Gasteiger partial charge in [-0.25, -0.2) is 17.9 Å². The van der Waals surface area contributed by atoms with Gasteiger partial charge in [0.1, 0.15) is 9.77 Å². The van der Waals surface area contributed by atoms with Gasteiger partial charge in [0.2, 0.25) is 10.0 Å². The zero-order valence-electron chi connectivity index (χ0n) is 8.64. The molecule has 0 aliphatic carbocycles. The fourth-order valence-electron chi connectivity index (χ4n) is 1.01. The normalized spacial score (nSPS) is 11.4. The molecule has 0 saturated carbocycles. The number of hydrogen-bond acceptors (Lipinski definition) is 4. The first-order valence-electron chi connectivity index (χ1n) is 4.51. The molecule has 2 N–H and O–H groups in total. The highest BCUT2D eigenvalue weighted by molar-refractivity contribution is 9.11. The smallest absolute Gasteiger partial charge is 0.345 e. The van der Waals surface area contributed by atoms with Crippen molar-refractivity contribution in [3.8, 4) is 0 Å². The fourth-order valence-corrected chi connectivity index (χ4v) is 4.46. The Hall–Kier alpha value is -0.700. The van der Waals surface area contributed by atoms with Gasteiger partial charge < -0.3 is 5.11 Å². The third-order valence-electron chi connectivity index (χ3n) is 1.80. The van der Waals surface area contributed by atoms with Crippen LogP contribution in [0.2, 0.25) is 0 Å². The SMILES string of the molecule is C=CCCNS(=O)(=O)c1cc(C(=O)O)sc1Br. The van der Waals surface area contributed by atoms with Crippen LogP contribution < -0.4 is 4.72 Å². The minimum atomic E-state index is -3.67. The number of sulfonamides is 1. The van der Waals surface area contributed by atoms with Gasteiger partial charge in [-0.3, -0.25) is 0 Å². The second-order valence-electron chi connectivity index (χ2n) is 3.03. The molecule has 0 fully saturated rings. The van der Waals surface area contributed by atoms with E-state index in [1.165, 1.54) is 0 Å². The Morgan fingerprint density at radius 1 is 1.65 bits per heavy atom. The monoisotopic (exact) mass is 339 g/mol. The van der Waals surface area contributed by atoms with E-state index < -0.39 is 16.0 Å². The number of aromatic carboxylic acids is 1. The molecule has 1 rings (SSSR count). The summed E-state index contributed by atoms with van der Waals surface area (Å²) in [6, 6.07) is 1.13. The predicted octanol–water partition coefficient (Wildman–Crippen LogP) is 2.06. The van der Waals surface area contributed by atoms with E-state index >= 15 is 0 Å². The van der Waals surface area contributed by atoms with Gasteiger partial charge >= 0.3 is 5.97 Å². The van der Waals surface area contributed by atoms with Crippen LogP contribution in [-0.2, 0) is 10.0 Å². The number of nitrogens with one attached hydrogen (secondary N) is 1. The van der Waals surface area contributed by atoms with Crippen molar-refractivity contribution in [2.24, 2.45) is 0 Å². The maximum Gasteiger partial charge on any atom is 0.345 e. The molecule has 1 aromatic rings. The zero-order chi connectivity index (χ0) is 13.1. The fraction of sp³-hybridized carbons (Fsp3) is 0.222. The van der Waals surface area contributed by atoms with Gasteiger partial charge in [0.15, 0.2) is 0 Å². The van der Waals surface area contributed by atoms with E-state index in [2.05, 4.69) is 27.2 Å². The van der Waals surface area contributed by atoms with Crippen LogP contribution in [0.15, 0.2) is 27.4 Å². The van der Waals surface area contributed by atoms with Crippen LogP contribution in [0.25, 0.3) is 0 Å². The number of carboxylic acids is 1. The average molecular weight is 340 g/mol. The first-order valence-corrected chi connectivity index (χ1v) is 7.61. The van der Waals surface area contributed by atoms with E-state index in [0.717, 1.165) is 17.4 Å². The highest BCUT2D eigenvalue weighted by Gasteiger charge is 2.22. The zero-order valence-corrected chi connectivity index (χ0v) is 11.9. The molecule has 0 amide bonds. The summed E-state index contributed by atoms with van der Waals surface area (Å²) < 4.78 is 26.2. The number of carbonyl (C=O) groups is 1. The second-order valence-corrected chi connectivity index (χ2v) is 7.13. The lowest BCUT2D eigenvalue weighted by molar-refractivity contribution is 0.0702. The van der Waals surface area contributed by atoms with Crippen molar-refractivity contribution >= 4 is 43.3 Å². The van der Waals surface area contributed by atoms with Crippen LogP contribution in [0.1, 0.15) is 16.1 Å². The maximum atomic E-state index is 11.8. The minimum Gasteiger partial charge on any atom is -0.477 e. The topological polar surface area (TPSA) is 83.5 Å². The van der Waals surface area contributed by atoms with Crippen LogP contribution >= 0.6 is 27.3 Å². The van der Waals surface area contributed by atoms with Crippen LogP contribution in [0.3, 0.4) is 0 Å². The number of halogens is 1. The van der Waals surface area contributed by atoms with E-state index in [1.807, 2.05) is 0 Å². The molecule has 0 aromatic carbocycles. The predicted molar refractivity (Wildman–Crippen MR) is 69.0 cm³/mol. The lowest BCUT2D eigenvalue weighted by Crippen LogP contribution is -2.24. The summed E-state index contributed by atoms with van der Waals surface area (Å²) >= 11 is 3.91.